The highest BCUT2D eigenvalue weighted by atomic mass is 35.5. The van der Waals surface area contributed by atoms with Crippen LogP contribution < -0.4 is 4.90 Å². The molecular weight excluding hydrogens is 278 g/mol. The first-order valence-electron chi connectivity index (χ1n) is 6.41. The molecule has 1 N–H and O–H groups in total. The van der Waals surface area contributed by atoms with Gasteiger partial charge in [0.05, 0.1) is 0 Å². The van der Waals surface area contributed by atoms with Crippen LogP contribution in [0.2, 0.25) is 5.02 Å². The maximum absolute atomic E-state index is 11.1. The van der Waals surface area contributed by atoms with Crippen molar-refractivity contribution in [2.45, 2.75) is 25.7 Å². The topological polar surface area (TPSA) is 57.6 Å². The smallest absolute Gasteiger partial charge is 0.303 e. The summed E-state index contributed by atoms with van der Waals surface area (Å²) in [7, 11) is 0. The molecule has 0 aliphatic rings. The number of benzene rings is 1. The van der Waals surface area contributed by atoms with E-state index in [0.717, 1.165) is 24.1 Å². The Balaban J connectivity index is 2.81. The van der Waals surface area contributed by atoms with E-state index in [1.807, 2.05) is 6.07 Å². The fraction of sp³-hybridized carbons (Fsp3) is 0.333. The Labute approximate surface area is 123 Å². The van der Waals surface area contributed by atoms with Gasteiger partial charge in [0.2, 0.25) is 6.41 Å². The molecule has 0 radical (unpaired) electrons. The molecule has 0 atom stereocenters. The number of rotatable bonds is 9. The summed E-state index contributed by atoms with van der Waals surface area (Å²) in [5, 5.41) is 9.18. The summed E-state index contributed by atoms with van der Waals surface area (Å²) in [6, 6.07) is 5.39. The van der Waals surface area contributed by atoms with Crippen molar-refractivity contribution in [1.82, 2.24) is 0 Å². The molecule has 20 heavy (non-hydrogen) atoms. The van der Waals surface area contributed by atoms with E-state index in [4.69, 9.17) is 16.7 Å². The number of carbonyl (C=O) groups is 2. The van der Waals surface area contributed by atoms with Crippen molar-refractivity contribution in [1.29, 1.82) is 0 Å². The van der Waals surface area contributed by atoms with Gasteiger partial charge >= 0.3 is 5.97 Å². The van der Waals surface area contributed by atoms with Gasteiger partial charge in [0, 0.05) is 23.7 Å². The van der Waals surface area contributed by atoms with E-state index in [9.17, 15) is 9.59 Å². The lowest BCUT2D eigenvalue weighted by molar-refractivity contribution is -0.137. The molecule has 0 bridgehead atoms. The van der Waals surface area contributed by atoms with E-state index in [1.165, 1.54) is 4.90 Å². The van der Waals surface area contributed by atoms with Crippen LogP contribution in [0.15, 0.2) is 30.9 Å². The minimum absolute atomic E-state index is 0.160. The number of amides is 1. The van der Waals surface area contributed by atoms with E-state index in [0.29, 0.717) is 24.4 Å². The van der Waals surface area contributed by atoms with E-state index in [2.05, 4.69) is 6.58 Å². The molecule has 0 spiro atoms. The highest BCUT2D eigenvalue weighted by Gasteiger charge is 2.10. The van der Waals surface area contributed by atoms with Crippen LogP contribution >= 0.6 is 11.6 Å². The van der Waals surface area contributed by atoms with Gasteiger partial charge in [-0.15, -0.1) is 6.58 Å². The third-order valence-corrected chi connectivity index (χ3v) is 3.13. The fourth-order valence-electron chi connectivity index (χ4n) is 1.94. The van der Waals surface area contributed by atoms with Gasteiger partial charge in [-0.1, -0.05) is 23.7 Å². The van der Waals surface area contributed by atoms with Crippen molar-refractivity contribution in [2.75, 3.05) is 11.4 Å². The predicted molar refractivity (Wildman–Crippen MR) is 80.2 cm³/mol. The quantitative estimate of drug-likeness (QED) is 0.432. The average Bonchev–Trinajstić information content (AvgIpc) is 2.42. The SMILES string of the molecule is C=CCN(C=O)c1cc(Cl)ccc1CCCCC(=O)O. The average molecular weight is 296 g/mol. The van der Waals surface area contributed by atoms with Crippen LogP contribution in [0.5, 0.6) is 0 Å². The van der Waals surface area contributed by atoms with Crippen LogP contribution in [0, 0.1) is 0 Å². The minimum Gasteiger partial charge on any atom is -0.481 e. The third kappa shape index (κ3) is 5.05. The number of nitrogens with zero attached hydrogens (tertiary/aromatic N) is 1. The van der Waals surface area contributed by atoms with Crippen LogP contribution in [0.25, 0.3) is 0 Å². The molecule has 0 fully saturated rings. The number of hydrogen-bond donors (Lipinski definition) is 1. The number of hydrogen-bond acceptors (Lipinski definition) is 2. The Morgan fingerprint density at radius 1 is 1.40 bits per heavy atom. The molecule has 0 unspecified atom stereocenters. The van der Waals surface area contributed by atoms with Gasteiger partial charge in [-0.05, 0) is 37.0 Å². The summed E-state index contributed by atoms with van der Waals surface area (Å²) in [5.74, 6) is -0.789. The Morgan fingerprint density at radius 2 is 2.15 bits per heavy atom. The maximum atomic E-state index is 11.1. The summed E-state index contributed by atoms with van der Waals surface area (Å²) in [6.45, 7) is 4.03. The van der Waals surface area contributed by atoms with E-state index in [-0.39, 0.29) is 6.42 Å². The second-order valence-electron chi connectivity index (χ2n) is 4.42. The highest BCUT2D eigenvalue weighted by Crippen LogP contribution is 2.26. The molecule has 0 aliphatic carbocycles. The molecule has 0 heterocycles. The standard InChI is InChI=1S/C15H18ClNO3/c1-2-9-17(11-18)14-10-13(16)8-7-12(14)5-3-4-6-15(19)20/h2,7-8,10-11H,1,3-6,9H2,(H,19,20). The largest absolute Gasteiger partial charge is 0.481 e. The lowest BCUT2D eigenvalue weighted by Crippen LogP contribution is -2.22. The summed E-state index contributed by atoms with van der Waals surface area (Å²) in [6.07, 6.45) is 4.62. The number of carbonyl (C=O) groups excluding carboxylic acids is 1. The van der Waals surface area contributed by atoms with Crippen LogP contribution in [0.1, 0.15) is 24.8 Å². The molecule has 5 heteroatoms. The van der Waals surface area contributed by atoms with E-state index < -0.39 is 5.97 Å². The number of aliphatic carboxylic acids is 1. The first-order chi connectivity index (χ1) is 9.58. The van der Waals surface area contributed by atoms with E-state index in [1.54, 1.807) is 18.2 Å². The van der Waals surface area contributed by atoms with Gasteiger partial charge < -0.3 is 10.0 Å². The number of carboxylic acid groups (broad SMARTS) is 1. The predicted octanol–water partition coefficient (Wildman–Crippen LogP) is 3.29. The van der Waals surface area contributed by atoms with Gasteiger partial charge in [0.25, 0.3) is 0 Å². The lowest BCUT2D eigenvalue weighted by atomic mass is 10.0. The number of unbranched alkanes of at least 4 members (excludes halogenated alkanes) is 1. The maximum Gasteiger partial charge on any atom is 0.303 e. The van der Waals surface area contributed by atoms with Gasteiger partial charge in [-0.3, -0.25) is 9.59 Å². The van der Waals surface area contributed by atoms with Crippen molar-refractivity contribution < 1.29 is 14.7 Å². The molecule has 1 aromatic rings. The van der Waals surface area contributed by atoms with Gasteiger partial charge in [-0.25, -0.2) is 0 Å². The molecule has 0 aromatic heterocycles. The Hall–Kier alpha value is -1.81. The molecule has 108 valence electrons. The number of aryl methyl sites for hydroxylation is 1. The fourth-order valence-corrected chi connectivity index (χ4v) is 2.11. The lowest BCUT2D eigenvalue weighted by Gasteiger charge is -2.19. The molecule has 1 amide bonds. The number of carboxylic acids is 1. The van der Waals surface area contributed by atoms with Crippen LogP contribution in [0.3, 0.4) is 0 Å². The second-order valence-corrected chi connectivity index (χ2v) is 4.86. The van der Waals surface area contributed by atoms with Crippen LogP contribution in [-0.2, 0) is 16.0 Å². The van der Waals surface area contributed by atoms with Gasteiger partial charge in [-0.2, -0.15) is 0 Å². The molecular formula is C15H18ClNO3. The first-order valence-corrected chi connectivity index (χ1v) is 6.79. The zero-order valence-electron chi connectivity index (χ0n) is 11.2. The Kier molecular flexibility index (Phi) is 6.81. The third-order valence-electron chi connectivity index (χ3n) is 2.90. The molecule has 0 aliphatic heterocycles. The van der Waals surface area contributed by atoms with Crippen molar-refractivity contribution in [3.63, 3.8) is 0 Å². The summed E-state index contributed by atoms with van der Waals surface area (Å²) in [5.41, 5.74) is 1.73. The van der Waals surface area contributed by atoms with Crippen LogP contribution in [0.4, 0.5) is 5.69 Å². The minimum atomic E-state index is -0.789. The second kappa shape index (κ2) is 8.38. The monoisotopic (exact) mass is 295 g/mol. The number of anilines is 1. The van der Waals surface area contributed by atoms with Crippen molar-refractivity contribution in [2.24, 2.45) is 0 Å². The summed E-state index contributed by atoms with van der Waals surface area (Å²) in [4.78, 5) is 23.1. The van der Waals surface area contributed by atoms with Crippen molar-refractivity contribution >= 4 is 29.7 Å². The molecule has 1 rings (SSSR count). The summed E-state index contributed by atoms with van der Waals surface area (Å²) < 4.78 is 0. The number of halogens is 1. The Bertz CT molecular complexity index is 488. The zero-order chi connectivity index (χ0) is 15.0. The van der Waals surface area contributed by atoms with Gasteiger partial charge in [0.1, 0.15) is 0 Å². The van der Waals surface area contributed by atoms with E-state index >= 15 is 0 Å². The van der Waals surface area contributed by atoms with Crippen molar-refractivity contribution in [3.8, 4) is 0 Å². The van der Waals surface area contributed by atoms with Gasteiger partial charge in [0.15, 0.2) is 0 Å². The molecule has 1 aromatic carbocycles. The molecule has 0 saturated heterocycles. The summed E-state index contributed by atoms with van der Waals surface area (Å²) >= 11 is 5.97. The highest BCUT2D eigenvalue weighted by molar-refractivity contribution is 6.30. The molecule has 4 nitrogen and oxygen atoms in total. The first kappa shape index (κ1) is 16.2. The van der Waals surface area contributed by atoms with Crippen molar-refractivity contribution in [3.05, 3.63) is 41.4 Å². The zero-order valence-corrected chi connectivity index (χ0v) is 12.0. The normalized spacial score (nSPS) is 10.1. The van der Waals surface area contributed by atoms with Crippen LogP contribution in [-0.4, -0.2) is 24.0 Å². The Morgan fingerprint density at radius 3 is 2.75 bits per heavy atom. The molecule has 0 saturated carbocycles.